The Morgan fingerprint density at radius 3 is 2.66 bits per heavy atom. The van der Waals surface area contributed by atoms with Crippen LogP contribution in [0.2, 0.25) is 0 Å². The van der Waals surface area contributed by atoms with Gasteiger partial charge in [-0.1, -0.05) is 55.7 Å². The first-order chi connectivity index (χ1) is 14.2. The number of carbonyl (C=O) groups is 1. The van der Waals surface area contributed by atoms with Crippen LogP contribution in [0.3, 0.4) is 0 Å². The number of benzene rings is 2. The zero-order chi connectivity index (χ0) is 20.1. The van der Waals surface area contributed by atoms with Crippen LogP contribution in [0.1, 0.15) is 49.7 Å². The summed E-state index contributed by atoms with van der Waals surface area (Å²) in [6, 6.07) is 17.1. The number of anilines is 1. The van der Waals surface area contributed by atoms with Crippen LogP contribution in [0, 0.1) is 0 Å². The third kappa shape index (κ3) is 4.88. The van der Waals surface area contributed by atoms with Gasteiger partial charge in [0.25, 0.3) is 0 Å². The summed E-state index contributed by atoms with van der Waals surface area (Å²) < 4.78 is 0. The molecule has 1 amide bonds. The van der Waals surface area contributed by atoms with E-state index >= 15 is 0 Å². The van der Waals surface area contributed by atoms with Crippen molar-refractivity contribution < 1.29 is 4.79 Å². The number of nitrogens with one attached hydrogen (secondary N) is 2. The summed E-state index contributed by atoms with van der Waals surface area (Å²) in [7, 11) is 2.21. The third-order valence-corrected chi connectivity index (χ3v) is 6.21. The number of nitrogens with zero attached hydrogens (tertiary/aromatic N) is 1. The summed E-state index contributed by atoms with van der Waals surface area (Å²) in [5.41, 5.74) is 4.46. The van der Waals surface area contributed by atoms with Crippen LogP contribution in [0.25, 0.3) is 10.9 Å². The molecule has 4 nitrogen and oxygen atoms in total. The standard InChI is InChI=1S/C25H31N3O/c1-28(21-10-3-2-4-11-21)18-20-9-5-7-13-23(20)27-25(29)16-15-19-17-26-24-14-8-6-12-22(19)24/h5-9,12-14,17,21,26H,2-4,10-11,15-16,18H2,1H3,(H,27,29). The van der Waals surface area contributed by atoms with Gasteiger partial charge in [-0.25, -0.2) is 0 Å². The van der Waals surface area contributed by atoms with Crippen LogP contribution >= 0.6 is 0 Å². The Kier molecular flexibility index (Phi) is 6.30. The average molecular weight is 390 g/mol. The maximum Gasteiger partial charge on any atom is 0.224 e. The number of rotatable bonds is 7. The Morgan fingerprint density at radius 1 is 1.03 bits per heavy atom. The number of para-hydroxylation sites is 2. The fourth-order valence-corrected chi connectivity index (χ4v) is 4.50. The zero-order valence-corrected chi connectivity index (χ0v) is 17.3. The molecular formula is C25H31N3O. The van der Waals surface area contributed by atoms with E-state index in [0.29, 0.717) is 12.5 Å². The van der Waals surface area contributed by atoms with Crippen molar-refractivity contribution >= 4 is 22.5 Å². The molecule has 1 aliphatic carbocycles. The second-order valence-electron chi connectivity index (χ2n) is 8.27. The topological polar surface area (TPSA) is 48.1 Å². The van der Waals surface area contributed by atoms with Gasteiger partial charge in [-0.2, -0.15) is 0 Å². The van der Waals surface area contributed by atoms with E-state index in [1.807, 2.05) is 30.5 Å². The van der Waals surface area contributed by atoms with Gasteiger partial charge in [-0.15, -0.1) is 0 Å². The molecule has 1 aliphatic rings. The van der Waals surface area contributed by atoms with Gasteiger partial charge in [0.15, 0.2) is 0 Å². The quantitative estimate of drug-likeness (QED) is 0.560. The summed E-state index contributed by atoms with van der Waals surface area (Å²) in [6.45, 7) is 0.879. The van der Waals surface area contributed by atoms with E-state index in [1.165, 1.54) is 48.6 Å². The fourth-order valence-electron chi connectivity index (χ4n) is 4.50. The zero-order valence-electron chi connectivity index (χ0n) is 17.3. The first kappa shape index (κ1) is 19.7. The molecule has 0 saturated heterocycles. The molecule has 0 atom stereocenters. The predicted octanol–water partition coefficient (Wildman–Crippen LogP) is 5.50. The summed E-state index contributed by atoms with van der Waals surface area (Å²) in [5, 5.41) is 4.36. The summed E-state index contributed by atoms with van der Waals surface area (Å²) in [6.07, 6.45) is 9.85. The molecule has 1 saturated carbocycles. The van der Waals surface area contributed by atoms with Gasteiger partial charge in [-0.3, -0.25) is 9.69 Å². The number of H-pyrrole nitrogens is 1. The van der Waals surface area contributed by atoms with Crippen molar-refractivity contribution in [1.82, 2.24) is 9.88 Å². The van der Waals surface area contributed by atoms with Crippen LogP contribution in [0.4, 0.5) is 5.69 Å². The fraction of sp³-hybridized carbons (Fsp3) is 0.400. The minimum Gasteiger partial charge on any atom is -0.361 e. The van der Waals surface area contributed by atoms with Crippen molar-refractivity contribution in [2.24, 2.45) is 0 Å². The second-order valence-corrected chi connectivity index (χ2v) is 8.27. The molecule has 1 heterocycles. The molecule has 152 valence electrons. The van der Waals surface area contributed by atoms with Gasteiger partial charge in [0, 0.05) is 41.8 Å². The SMILES string of the molecule is CN(Cc1ccccc1NC(=O)CCc1c[nH]c2ccccc12)C1CCCCC1. The highest BCUT2D eigenvalue weighted by atomic mass is 16.1. The molecule has 2 aromatic carbocycles. The predicted molar refractivity (Wildman–Crippen MR) is 120 cm³/mol. The third-order valence-electron chi connectivity index (χ3n) is 6.21. The second kappa shape index (κ2) is 9.27. The smallest absolute Gasteiger partial charge is 0.224 e. The van der Waals surface area contributed by atoms with Crippen LogP contribution in [0.15, 0.2) is 54.7 Å². The summed E-state index contributed by atoms with van der Waals surface area (Å²) >= 11 is 0. The first-order valence-electron chi connectivity index (χ1n) is 10.8. The highest BCUT2D eigenvalue weighted by Crippen LogP contribution is 2.25. The average Bonchev–Trinajstić information content (AvgIpc) is 3.17. The number of hydrogen-bond donors (Lipinski definition) is 2. The highest BCUT2D eigenvalue weighted by molar-refractivity contribution is 5.92. The van der Waals surface area contributed by atoms with Gasteiger partial charge in [0.05, 0.1) is 0 Å². The van der Waals surface area contributed by atoms with Crippen molar-refractivity contribution in [3.63, 3.8) is 0 Å². The Hall–Kier alpha value is -2.59. The molecule has 0 spiro atoms. The Morgan fingerprint density at radius 2 is 1.79 bits per heavy atom. The highest BCUT2D eigenvalue weighted by Gasteiger charge is 2.19. The van der Waals surface area contributed by atoms with E-state index in [0.717, 1.165) is 24.2 Å². The number of fused-ring (bicyclic) bond motifs is 1. The van der Waals surface area contributed by atoms with Crippen molar-refractivity contribution in [1.29, 1.82) is 0 Å². The minimum absolute atomic E-state index is 0.0723. The monoisotopic (exact) mass is 389 g/mol. The number of aryl methyl sites for hydroxylation is 1. The molecule has 0 aliphatic heterocycles. The van der Waals surface area contributed by atoms with Gasteiger partial charge < -0.3 is 10.3 Å². The molecule has 29 heavy (non-hydrogen) atoms. The number of amides is 1. The van der Waals surface area contributed by atoms with Gasteiger partial charge >= 0.3 is 0 Å². The molecule has 1 fully saturated rings. The van der Waals surface area contributed by atoms with Gasteiger partial charge in [-0.05, 0) is 49.6 Å². The van der Waals surface area contributed by atoms with Crippen LogP contribution < -0.4 is 5.32 Å². The van der Waals surface area contributed by atoms with Crippen molar-refractivity contribution in [2.45, 2.75) is 57.5 Å². The largest absolute Gasteiger partial charge is 0.361 e. The van der Waals surface area contributed by atoms with Crippen molar-refractivity contribution in [3.8, 4) is 0 Å². The van der Waals surface area contributed by atoms with E-state index in [-0.39, 0.29) is 5.91 Å². The molecule has 0 bridgehead atoms. The Balaban J connectivity index is 1.36. The van der Waals surface area contributed by atoms with Crippen LogP contribution in [0.5, 0.6) is 0 Å². The summed E-state index contributed by atoms with van der Waals surface area (Å²) in [4.78, 5) is 18.4. The lowest BCUT2D eigenvalue weighted by molar-refractivity contribution is -0.116. The lowest BCUT2D eigenvalue weighted by Gasteiger charge is -2.31. The van der Waals surface area contributed by atoms with E-state index in [9.17, 15) is 4.79 Å². The van der Waals surface area contributed by atoms with Crippen LogP contribution in [-0.2, 0) is 17.8 Å². The lowest BCUT2D eigenvalue weighted by Crippen LogP contribution is -2.33. The molecule has 0 radical (unpaired) electrons. The maximum atomic E-state index is 12.6. The van der Waals surface area contributed by atoms with Crippen molar-refractivity contribution in [2.75, 3.05) is 12.4 Å². The molecule has 3 aromatic rings. The molecule has 4 heteroatoms. The van der Waals surface area contributed by atoms with E-state index in [4.69, 9.17) is 0 Å². The number of aromatic nitrogens is 1. The molecule has 2 N–H and O–H groups in total. The summed E-state index contributed by atoms with van der Waals surface area (Å²) in [5.74, 6) is 0.0723. The van der Waals surface area contributed by atoms with E-state index in [2.05, 4.69) is 46.5 Å². The Labute approximate surface area is 173 Å². The number of hydrogen-bond acceptors (Lipinski definition) is 2. The number of carbonyl (C=O) groups excluding carboxylic acids is 1. The molecular weight excluding hydrogens is 358 g/mol. The van der Waals surface area contributed by atoms with Crippen molar-refractivity contribution in [3.05, 3.63) is 65.9 Å². The molecule has 1 aromatic heterocycles. The first-order valence-corrected chi connectivity index (χ1v) is 10.8. The maximum absolute atomic E-state index is 12.6. The van der Waals surface area contributed by atoms with Gasteiger partial charge in [0.1, 0.15) is 0 Å². The van der Waals surface area contributed by atoms with Gasteiger partial charge in [0.2, 0.25) is 5.91 Å². The number of aromatic amines is 1. The molecule has 0 unspecified atom stereocenters. The van der Waals surface area contributed by atoms with E-state index < -0.39 is 0 Å². The minimum atomic E-state index is 0.0723. The molecule has 4 rings (SSSR count). The van der Waals surface area contributed by atoms with Crippen LogP contribution in [-0.4, -0.2) is 28.9 Å². The van der Waals surface area contributed by atoms with E-state index in [1.54, 1.807) is 0 Å². The lowest BCUT2D eigenvalue weighted by atomic mass is 9.94. The normalized spacial score (nSPS) is 15.1. The Bertz CT molecular complexity index is 955.